The molecular formula is C27H22ClF2NO3. The normalized spacial score (nSPS) is 10.9. The zero-order valence-electron chi connectivity index (χ0n) is 18.9. The second kappa shape index (κ2) is 9.69. The summed E-state index contributed by atoms with van der Waals surface area (Å²) in [5.74, 6) is -1.26. The summed E-state index contributed by atoms with van der Waals surface area (Å²) in [5.41, 5.74) is 4.64. The first kappa shape index (κ1) is 23.5. The number of carbonyl (C=O) groups is 1. The van der Waals surface area contributed by atoms with Gasteiger partial charge in [-0.15, -0.1) is 0 Å². The minimum absolute atomic E-state index is 0.0859. The zero-order chi connectivity index (χ0) is 24.4. The summed E-state index contributed by atoms with van der Waals surface area (Å²) in [5, 5.41) is 0.500. The van der Waals surface area contributed by atoms with E-state index >= 15 is 0 Å². The van der Waals surface area contributed by atoms with Crippen molar-refractivity contribution in [1.82, 2.24) is 4.57 Å². The topological polar surface area (TPSA) is 40.5 Å². The number of nitrogens with zero attached hydrogens (tertiary/aromatic N) is 1. The Balaban J connectivity index is 1.77. The molecule has 174 valence electrons. The van der Waals surface area contributed by atoms with Crippen LogP contribution in [-0.4, -0.2) is 17.6 Å². The largest absolute Gasteiger partial charge is 0.488 e. The van der Waals surface area contributed by atoms with E-state index in [2.05, 4.69) is 0 Å². The molecule has 0 saturated heterocycles. The standard InChI is InChI=1S/C27H22ClF2NO3/c1-16-4-9-21(14-22(16)27(32)33-3)31-17(2)5-10-25(31)23-12-19(28)7-11-26(23)34-15-18-6-8-20(29)13-24(18)30/h4-14H,15H2,1-3H3. The molecule has 0 radical (unpaired) electrons. The molecule has 0 aliphatic carbocycles. The lowest BCUT2D eigenvalue weighted by Gasteiger charge is -2.17. The van der Waals surface area contributed by atoms with Crippen molar-refractivity contribution in [2.45, 2.75) is 20.5 Å². The Hall–Kier alpha value is -3.64. The average molecular weight is 482 g/mol. The number of methoxy groups -OCH3 is 1. The lowest BCUT2D eigenvalue weighted by Crippen LogP contribution is -2.07. The van der Waals surface area contributed by atoms with Gasteiger partial charge in [0.15, 0.2) is 0 Å². The average Bonchev–Trinajstić information content (AvgIpc) is 3.20. The van der Waals surface area contributed by atoms with E-state index in [4.69, 9.17) is 21.1 Å². The Morgan fingerprint density at radius 1 is 0.971 bits per heavy atom. The summed E-state index contributed by atoms with van der Waals surface area (Å²) in [6.45, 7) is 3.70. The Labute approximate surface area is 201 Å². The van der Waals surface area contributed by atoms with Gasteiger partial charge in [-0.05, 0) is 74.0 Å². The molecular weight excluding hydrogens is 460 g/mol. The van der Waals surface area contributed by atoms with Crippen molar-refractivity contribution in [3.8, 4) is 22.7 Å². The van der Waals surface area contributed by atoms with Gasteiger partial charge in [0.25, 0.3) is 0 Å². The maximum absolute atomic E-state index is 14.1. The number of aryl methyl sites for hydroxylation is 2. The van der Waals surface area contributed by atoms with E-state index in [-0.39, 0.29) is 12.2 Å². The number of halogens is 3. The number of hydrogen-bond acceptors (Lipinski definition) is 3. The fourth-order valence-corrected chi connectivity index (χ4v) is 3.97. The van der Waals surface area contributed by atoms with E-state index in [0.29, 0.717) is 21.9 Å². The van der Waals surface area contributed by atoms with Gasteiger partial charge in [0.05, 0.1) is 18.4 Å². The molecule has 1 aromatic heterocycles. The first-order chi connectivity index (χ1) is 16.3. The molecule has 0 saturated carbocycles. The summed E-state index contributed by atoms with van der Waals surface area (Å²) in [6.07, 6.45) is 0. The molecule has 0 atom stereocenters. The third-order valence-electron chi connectivity index (χ3n) is 5.58. The number of rotatable bonds is 6. The van der Waals surface area contributed by atoms with E-state index in [9.17, 15) is 13.6 Å². The summed E-state index contributed by atoms with van der Waals surface area (Å²) < 4.78 is 40.2. The van der Waals surface area contributed by atoms with Crippen LogP contribution in [0.5, 0.6) is 5.75 Å². The van der Waals surface area contributed by atoms with E-state index in [1.54, 1.807) is 24.3 Å². The molecule has 0 bridgehead atoms. The number of ether oxygens (including phenoxy) is 2. The van der Waals surface area contributed by atoms with Crippen LogP contribution < -0.4 is 4.74 Å². The van der Waals surface area contributed by atoms with Crippen molar-refractivity contribution >= 4 is 17.6 Å². The SMILES string of the molecule is COC(=O)c1cc(-n2c(C)ccc2-c2cc(Cl)ccc2OCc2ccc(F)cc2F)ccc1C. The monoisotopic (exact) mass is 481 g/mol. The molecule has 3 aromatic carbocycles. The summed E-state index contributed by atoms with van der Waals surface area (Å²) in [6, 6.07) is 17.9. The highest BCUT2D eigenvalue weighted by molar-refractivity contribution is 6.31. The molecule has 0 N–H and O–H groups in total. The van der Waals surface area contributed by atoms with Crippen LogP contribution in [0.25, 0.3) is 16.9 Å². The fraction of sp³-hybridized carbons (Fsp3) is 0.148. The van der Waals surface area contributed by atoms with Crippen LogP contribution in [0.15, 0.2) is 66.7 Å². The van der Waals surface area contributed by atoms with Crippen molar-refractivity contribution in [3.05, 3.63) is 106 Å². The van der Waals surface area contributed by atoms with Gasteiger partial charge < -0.3 is 14.0 Å². The zero-order valence-corrected chi connectivity index (χ0v) is 19.6. The molecule has 4 aromatic rings. The summed E-state index contributed by atoms with van der Waals surface area (Å²) in [4.78, 5) is 12.2. The maximum atomic E-state index is 14.1. The van der Waals surface area contributed by atoms with Crippen LogP contribution in [0, 0.1) is 25.5 Å². The van der Waals surface area contributed by atoms with E-state index in [1.165, 1.54) is 19.2 Å². The third-order valence-corrected chi connectivity index (χ3v) is 5.81. The van der Waals surface area contributed by atoms with Gasteiger partial charge in [-0.25, -0.2) is 13.6 Å². The van der Waals surface area contributed by atoms with E-state index < -0.39 is 17.6 Å². The highest BCUT2D eigenvalue weighted by Crippen LogP contribution is 2.36. The van der Waals surface area contributed by atoms with Crippen LogP contribution in [0.2, 0.25) is 5.02 Å². The van der Waals surface area contributed by atoms with E-state index in [1.807, 2.05) is 42.7 Å². The van der Waals surface area contributed by atoms with Gasteiger partial charge >= 0.3 is 5.97 Å². The van der Waals surface area contributed by atoms with Crippen LogP contribution in [0.3, 0.4) is 0 Å². The van der Waals surface area contributed by atoms with Crippen LogP contribution in [0.4, 0.5) is 8.78 Å². The van der Waals surface area contributed by atoms with E-state index in [0.717, 1.165) is 28.7 Å². The molecule has 0 unspecified atom stereocenters. The molecule has 0 spiro atoms. The minimum Gasteiger partial charge on any atom is -0.488 e. The second-order valence-corrected chi connectivity index (χ2v) is 8.29. The number of aromatic nitrogens is 1. The fourth-order valence-electron chi connectivity index (χ4n) is 3.79. The van der Waals surface area contributed by atoms with Gasteiger partial charge in [0.1, 0.15) is 24.0 Å². The van der Waals surface area contributed by atoms with Crippen molar-refractivity contribution in [1.29, 1.82) is 0 Å². The quantitative estimate of drug-likeness (QED) is 0.277. The lowest BCUT2D eigenvalue weighted by molar-refractivity contribution is 0.0600. The molecule has 4 rings (SSSR count). The van der Waals surface area contributed by atoms with Gasteiger partial charge in [-0.1, -0.05) is 17.7 Å². The minimum atomic E-state index is -0.676. The predicted molar refractivity (Wildman–Crippen MR) is 128 cm³/mol. The molecule has 0 aliphatic heterocycles. The molecule has 34 heavy (non-hydrogen) atoms. The van der Waals surface area contributed by atoms with Gasteiger partial charge in [0.2, 0.25) is 0 Å². The van der Waals surface area contributed by atoms with Crippen molar-refractivity contribution < 1.29 is 23.0 Å². The molecule has 4 nitrogen and oxygen atoms in total. The smallest absolute Gasteiger partial charge is 0.338 e. The van der Waals surface area contributed by atoms with Crippen molar-refractivity contribution in [2.24, 2.45) is 0 Å². The van der Waals surface area contributed by atoms with Crippen LogP contribution in [-0.2, 0) is 11.3 Å². The van der Waals surface area contributed by atoms with Gasteiger partial charge in [0, 0.05) is 33.6 Å². The number of esters is 1. The highest BCUT2D eigenvalue weighted by atomic mass is 35.5. The summed E-state index contributed by atoms with van der Waals surface area (Å²) >= 11 is 6.31. The number of hydrogen-bond donors (Lipinski definition) is 0. The number of carbonyl (C=O) groups excluding carboxylic acids is 1. The molecule has 7 heteroatoms. The maximum Gasteiger partial charge on any atom is 0.338 e. The first-order valence-corrected chi connectivity index (χ1v) is 10.9. The van der Waals surface area contributed by atoms with Crippen molar-refractivity contribution in [3.63, 3.8) is 0 Å². The molecule has 0 aliphatic rings. The molecule has 0 fully saturated rings. The lowest BCUT2D eigenvalue weighted by atomic mass is 10.1. The molecule has 0 amide bonds. The van der Waals surface area contributed by atoms with Crippen LogP contribution in [0.1, 0.15) is 27.2 Å². The Bertz CT molecular complexity index is 1380. The summed E-state index contributed by atoms with van der Waals surface area (Å²) in [7, 11) is 1.35. The molecule has 1 heterocycles. The Morgan fingerprint density at radius 2 is 1.76 bits per heavy atom. The Morgan fingerprint density at radius 3 is 2.50 bits per heavy atom. The Kier molecular flexibility index (Phi) is 6.70. The van der Waals surface area contributed by atoms with Gasteiger partial charge in [-0.3, -0.25) is 0 Å². The van der Waals surface area contributed by atoms with Crippen molar-refractivity contribution in [2.75, 3.05) is 7.11 Å². The second-order valence-electron chi connectivity index (χ2n) is 7.85. The van der Waals surface area contributed by atoms with Crippen LogP contribution >= 0.6 is 11.6 Å². The third kappa shape index (κ3) is 4.68. The first-order valence-electron chi connectivity index (χ1n) is 10.5. The number of benzene rings is 3. The van der Waals surface area contributed by atoms with Gasteiger partial charge in [-0.2, -0.15) is 0 Å². The highest BCUT2D eigenvalue weighted by Gasteiger charge is 2.18. The predicted octanol–water partition coefficient (Wildman–Crippen LogP) is 7.06.